The number of hydrogen-bond acceptors (Lipinski definition) is 0. The third kappa shape index (κ3) is 5.69. The number of rotatable bonds is 6. The Morgan fingerprint density at radius 3 is 0.863 bits per heavy atom. The normalized spacial score (nSPS) is 12.7. The average molecular weight is 651 g/mol. The predicted octanol–water partition coefficient (Wildman–Crippen LogP) is 14.0. The molecule has 0 heterocycles. The third-order valence-corrected chi connectivity index (χ3v) is 10.7. The van der Waals surface area contributed by atoms with Gasteiger partial charge in [-0.3, -0.25) is 0 Å². The van der Waals surface area contributed by atoms with Crippen LogP contribution < -0.4 is 0 Å². The van der Waals surface area contributed by atoms with Gasteiger partial charge < -0.3 is 0 Å². The van der Waals surface area contributed by atoms with Gasteiger partial charge in [0, 0.05) is 5.41 Å². The second kappa shape index (κ2) is 12.6. The van der Waals surface area contributed by atoms with Crippen LogP contribution >= 0.6 is 0 Å². The van der Waals surface area contributed by atoms with Gasteiger partial charge in [-0.25, -0.2) is 0 Å². The van der Waals surface area contributed by atoms with E-state index in [0.717, 1.165) is 0 Å². The Morgan fingerprint density at radius 2 is 0.490 bits per heavy atom. The van der Waals surface area contributed by atoms with Gasteiger partial charge >= 0.3 is 0 Å². The fourth-order valence-corrected chi connectivity index (χ4v) is 7.82. The maximum Gasteiger partial charge on any atom is 0.0159 e. The van der Waals surface area contributed by atoms with Crippen molar-refractivity contribution in [1.82, 2.24) is 0 Å². The standard InChI is InChI=1S/C51H38/c1-51(2)49-33-45(43-17-9-15-41(31-43)39-23-19-37(20-24-39)35-11-5-3-6-12-35)27-29-47(49)48-30-28-46(34-50(48)51)44-18-10-16-42(32-44)40-25-21-38(22-26-40)36-13-7-4-8-14-36/h3-34H,1-2H3. The minimum absolute atomic E-state index is 0.119. The molecule has 0 unspecified atom stereocenters. The zero-order valence-electron chi connectivity index (χ0n) is 29.0. The number of hydrogen-bond donors (Lipinski definition) is 0. The lowest BCUT2D eigenvalue weighted by atomic mass is 9.80. The van der Waals surface area contributed by atoms with Crippen molar-refractivity contribution in [3.63, 3.8) is 0 Å². The van der Waals surface area contributed by atoms with E-state index in [1.165, 1.54) is 89.0 Å². The number of fused-ring (bicyclic) bond motifs is 3. The molecule has 0 amide bonds. The minimum Gasteiger partial charge on any atom is -0.0622 e. The lowest BCUT2D eigenvalue weighted by molar-refractivity contribution is 0.661. The Bertz CT molecular complexity index is 2320. The fraction of sp³-hybridized carbons (Fsp3) is 0.0588. The first-order chi connectivity index (χ1) is 25.0. The van der Waals surface area contributed by atoms with Gasteiger partial charge in [-0.05, 0) is 113 Å². The topological polar surface area (TPSA) is 0 Å². The summed E-state index contributed by atoms with van der Waals surface area (Å²) >= 11 is 0. The Balaban J connectivity index is 0.994. The van der Waals surface area contributed by atoms with E-state index in [1.807, 2.05) is 0 Å². The Labute approximate surface area is 301 Å². The monoisotopic (exact) mass is 650 g/mol. The first kappa shape index (κ1) is 30.8. The zero-order chi connectivity index (χ0) is 34.4. The van der Waals surface area contributed by atoms with Crippen molar-refractivity contribution in [2.45, 2.75) is 19.3 Å². The van der Waals surface area contributed by atoms with Crippen molar-refractivity contribution in [2.75, 3.05) is 0 Å². The minimum atomic E-state index is -0.119. The summed E-state index contributed by atoms with van der Waals surface area (Å²) < 4.78 is 0. The highest BCUT2D eigenvalue weighted by Gasteiger charge is 2.36. The molecular formula is C51H38. The van der Waals surface area contributed by atoms with E-state index < -0.39 is 0 Å². The van der Waals surface area contributed by atoms with Gasteiger partial charge in [0.1, 0.15) is 0 Å². The zero-order valence-corrected chi connectivity index (χ0v) is 29.0. The summed E-state index contributed by atoms with van der Waals surface area (Å²) in [6, 6.07) is 71.0. The molecule has 0 nitrogen and oxygen atoms in total. The van der Waals surface area contributed by atoms with Crippen LogP contribution in [0.15, 0.2) is 194 Å². The maximum absolute atomic E-state index is 2.42. The molecule has 242 valence electrons. The van der Waals surface area contributed by atoms with Crippen LogP contribution in [0.4, 0.5) is 0 Å². The van der Waals surface area contributed by atoms with Crippen LogP contribution in [0.2, 0.25) is 0 Å². The van der Waals surface area contributed by atoms with Gasteiger partial charge in [0.15, 0.2) is 0 Å². The highest BCUT2D eigenvalue weighted by molar-refractivity contribution is 5.87. The van der Waals surface area contributed by atoms with Gasteiger partial charge in [0.05, 0.1) is 0 Å². The quantitative estimate of drug-likeness (QED) is 0.168. The van der Waals surface area contributed by atoms with Crippen LogP contribution in [0.25, 0.3) is 77.9 Å². The molecule has 0 saturated heterocycles. The Hall–Kier alpha value is -6.24. The first-order valence-corrected chi connectivity index (χ1v) is 17.8. The maximum atomic E-state index is 2.42. The SMILES string of the molecule is CC1(C)c2cc(-c3cccc(-c4ccc(-c5ccccc5)cc4)c3)ccc2-c2ccc(-c3cccc(-c4ccc(-c5ccccc5)cc4)c3)cc21. The van der Waals surface area contributed by atoms with Gasteiger partial charge in [-0.15, -0.1) is 0 Å². The van der Waals surface area contributed by atoms with E-state index in [1.54, 1.807) is 0 Å². The van der Waals surface area contributed by atoms with Crippen LogP contribution in [-0.4, -0.2) is 0 Å². The van der Waals surface area contributed by atoms with Crippen LogP contribution in [0.3, 0.4) is 0 Å². The first-order valence-electron chi connectivity index (χ1n) is 17.8. The summed E-state index contributed by atoms with van der Waals surface area (Å²) in [6.45, 7) is 4.75. The summed E-state index contributed by atoms with van der Waals surface area (Å²) in [7, 11) is 0. The molecule has 0 bridgehead atoms. The van der Waals surface area contributed by atoms with Gasteiger partial charge in [-0.1, -0.05) is 184 Å². The summed E-state index contributed by atoms with van der Waals surface area (Å²) in [4.78, 5) is 0. The average Bonchev–Trinajstić information content (AvgIpc) is 3.43. The van der Waals surface area contributed by atoms with Crippen molar-refractivity contribution in [3.05, 3.63) is 205 Å². The molecule has 8 aromatic rings. The summed E-state index contributed by atoms with van der Waals surface area (Å²) in [6.07, 6.45) is 0. The Kier molecular flexibility index (Phi) is 7.59. The van der Waals surface area contributed by atoms with Crippen molar-refractivity contribution in [3.8, 4) is 77.9 Å². The highest BCUT2D eigenvalue weighted by Crippen LogP contribution is 2.51. The smallest absolute Gasteiger partial charge is 0.0159 e. The van der Waals surface area contributed by atoms with E-state index in [9.17, 15) is 0 Å². The largest absolute Gasteiger partial charge is 0.0622 e. The predicted molar refractivity (Wildman–Crippen MR) is 217 cm³/mol. The van der Waals surface area contributed by atoms with Crippen LogP contribution in [0.1, 0.15) is 25.0 Å². The van der Waals surface area contributed by atoms with E-state index >= 15 is 0 Å². The van der Waals surface area contributed by atoms with E-state index in [4.69, 9.17) is 0 Å². The van der Waals surface area contributed by atoms with Crippen molar-refractivity contribution < 1.29 is 0 Å². The van der Waals surface area contributed by atoms with Crippen LogP contribution in [-0.2, 0) is 5.41 Å². The van der Waals surface area contributed by atoms with Crippen LogP contribution in [0, 0.1) is 0 Å². The van der Waals surface area contributed by atoms with Crippen molar-refractivity contribution >= 4 is 0 Å². The molecule has 1 aliphatic rings. The van der Waals surface area contributed by atoms with Crippen LogP contribution in [0.5, 0.6) is 0 Å². The molecule has 0 aromatic heterocycles. The molecule has 0 atom stereocenters. The van der Waals surface area contributed by atoms with E-state index in [0.29, 0.717) is 0 Å². The summed E-state index contributed by atoms with van der Waals surface area (Å²) in [5.41, 5.74) is 20.2. The highest BCUT2D eigenvalue weighted by atomic mass is 14.4. The second-order valence-electron chi connectivity index (χ2n) is 14.2. The Morgan fingerprint density at radius 1 is 0.235 bits per heavy atom. The van der Waals surface area contributed by atoms with Gasteiger partial charge in [-0.2, -0.15) is 0 Å². The van der Waals surface area contributed by atoms with E-state index in [-0.39, 0.29) is 5.41 Å². The summed E-state index contributed by atoms with van der Waals surface area (Å²) in [5.74, 6) is 0. The molecule has 0 N–H and O–H groups in total. The molecule has 8 aromatic carbocycles. The lowest BCUT2D eigenvalue weighted by Gasteiger charge is -2.23. The molecule has 0 radical (unpaired) electrons. The van der Waals surface area contributed by atoms with Crippen molar-refractivity contribution in [2.24, 2.45) is 0 Å². The summed E-state index contributed by atoms with van der Waals surface area (Å²) in [5, 5.41) is 0. The van der Waals surface area contributed by atoms with Crippen molar-refractivity contribution in [1.29, 1.82) is 0 Å². The number of benzene rings is 8. The molecule has 0 aliphatic heterocycles. The molecule has 0 heteroatoms. The lowest BCUT2D eigenvalue weighted by Crippen LogP contribution is -2.15. The molecule has 0 spiro atoms. The molecule has 9 rings (SSSR count). The molecular weight excluding hydrogens is 613 g/mol. The van der Waals surface area contributed by atoms with Gasteiger partial charge in [0.25, 0.3) is 0 Å². The molecule has 0 fully saturated rings. The third-order valence-electron chi connectivity index (χ3n) is 10.7. The molecule has 0 saturated carbocycles. The van der Waals surface area contributed by atoms with Gasteiger partial charge in [0.2, 0.25) is 0 Å². The van der Waals surface area contributed by atoms with E-state index in [2.05, 4.69) is 208 Å². The molecule has 1 aliphatic carbocycles. The second-order valence-corrected chi connectivity index (χ2v) is 14.2. The molecule has 51 heavy (non-hydrogen) atoms. The fourth-order valence-electron chi connectivity index (χ4n) is 7.82.